The van der Waals surface area contributed by atoms with Gasteiger partial charge in [-0.3, -0.25) is 0 Å². The number of hydrogen-bond donors (Lipinski definition) is 0. The Balaban J connectivity index is 0.00000256. The predicted molar refractivity (Wildman–Crippen MR) is 229 cm³/mol. The summed E-state index contributed by atoms with van der Waals surface area (Å²) in [5, 5.41) is 3.64. The standard InChI is InChI=1S/C48H48N8.2Li/c1-45(2,3)25-13-17-29-33(21-25)41-49-37(29)54-42-35-23-27(47(7,8)9)15-19-31(35)39(51-42)56-44-36-24-28(48(10,11)12)16-20-32(36)40(52-44)55-43-34-22-26(46(4,5)6)14-18-30(34)38(50-43)53-41;;/h13-24H,1-12H3;;/q-2;2*+1. The Morgan fingerprint density at radius 1 is 0.310 bits per heavy atom. The van der Waals surface area contributed by atoms with E-state index in [1.807, 2.05) is 0 Å². The van der Waals surface area contributed by atoms with Crippen molar-refractivity contribution in [1.82, 2.24) is 39.9 Å². The van der Waals surface area contributed by atoms with Crippen LogP contribution >= 0.6 is 0 Å². The topological polar surface area (TPSA) is 106 Å². The third kappa shape index (κ3) is 7.13. The molecule has 282 valence electrons. The first-order valence-corrected chi connectivity index (χ1v) is 19.5. The van der Waals surface area contributed by atoms with Gasteiger partial charge in [0.15, 0.2) is 0 Å². The Kier molecular flexibility index (Phi) is 10.1. The molecular formula is C48H48Li2N8. The maximum absolute atomic E-state index is 5.25. The molecule has 0 unspecified atom stereocenters. The molecule has 5 heterocycles. The second-order valence-electron chi connectivity index (χ2n) is 19.5. The zero-order valence-corrected chi connectivity index (χ0v) is 36.5. The first-order valence-electron chi connectivity index (χ1n) is 19.5. The van der Waals surface area contributed by atoms with Gasteiger partial charge in [-0.25, -0.2) is 9.97 Å². The second kappa shape index (κ2) is 14.0. The van der Waals surface area contributed by atoms with Crippen molar-refractivity contribution in [2.75, 3.05) is 0 Å². The summed E-state index contributed by atoms with van der Waals surface area (Å²) >= 11 is 0. The van der Waals surface area contributed by atoms with Crippen LogP contribution in [0.1, 0.15) is 105 Å². The molecule has 0 amide bonds. The molecule has 2 aliphatic rings. The number of hydrogen-bond acceptors (Lipinski definition) is 6. The summed E-state index contributed by atoms with van der Waals surface area (Å²) in [5.41, 5.74) is 10.3. The molecular weight excluding hydrogens is 702 g/mol. The predicted octanol–water partition coefficient (Wildman–Crippen LogP) is 5.33. The third-order valence-electron chi connectivity index (χ3n) is 11.2. The number of nitrogens with zero attached hydrogens (tertiary/aromatic N) is 8. The van der Waals surface area contributed by atoms with Crippen molar-refractivity contribution >= 4 is 44.1 Å². The Labute approximate surface area is 365 Å². The normalized spacial score (nSPS) is 12.9. The number of aromatic nitrogens is 8. The summed E-state index contributed by atoms with van der Waals surface area (Å²) in [6, 6.07) is 25.9. The van der Waals surface area contributed by atoms with Crippen LogP contribution in [0.2, 0.25) is 0 Å². The SMILES string of the molecule is CC(C)(C)c1ccc2c(c1)-c1nc-2nc2[n-]c(nc3nc(nc4[n-]c(n1)c1ccc(C(C)(C)C)cc41)-c1ccc(C(C)(C)C)cc1-3)c1ccc(C(C)(C)C)cc21.[Li+].[Li+]. The van der Waals surface area contributed by atoms with Gasteiger partial charge in [0.1, 0.15) is 0 Å². The van der Waals surface area contributed by atoms with E-state index in [0.29, 0.717) is 45.9 Å². The minimum atomic E-state index is -0.0826. The van der Waals surface area contributed by atoms with E-state index < -0.39 is 0 Å². The van der Waals surface area contributed by atoms with Crippen LogP contribution in [0.3, 0.4) is 0 Å². The molecule has 8 nitrogen and oxygen atoms in total. The van der Waals surface area contributed by atoms with Crippen molar-refractivity contribution in [2.24, 2.45) is 0 Å². The maximum Gasteiger partial charge on any atom is 1.00 e. The van der Waals surface area contributed by atoms with Crippen molar-refractivity contribution in [3.05, 3.63) is 95.1 Å². The largest absolute Gasteiger partial charge is 1.00 e. The van der Waals surface area contributed by atoms with E-state index in [1.54, 1.807) is 0 Å². The summed E-state index contributed by atoms with van der Waals surface area (Å²) in [7, 11) is 0. The number of rotatable bonds is 0. The molecule has 7 aromatic rings. The number of fused-ring (bicyclic) bond motifs is 20. The molecule has 3 aromatic heterocycles. The van der Waals surface area contributed by atoms with E-state index in [9.17, 15) is 0 Å². The van der Waals surface area contributed by atoms with Gasteiger partial charge in [-0.1, -0.05) is 132 Å². The van der Waals surface area contributed by atoms with Gasteiger partial charge in [0.2, 0.25) is 0 Å². The van der Waals surface area contributed by atoms with E-state index in [2.05, 4.69) is 156 Å². The van der Waals surface area contributed by atoms with Crippen molar-refractivity contribution in [3.8, 4) is 45.6 Å². The zero-order valence-electron chi connectivity index (χ0n) is 36.5. The Morgan fingerprint density at radius 2 is 0.586 bits per heavy atom. The average Bonchev–Trinajstić information content (AvgIpc) is 3.84. The molecule has 0 saturated carbocycles. The molecule has 9 rings (SSSR count). The number of benzene rings is 4. The third-order valence-corrected chi connectivity index (χ3v) is 11.2. The maximum atomic E-state index is 5.25. The molecule has 58 heavy (non-hydrogen) atoms. The molecule has 0 aliphatic carbocycles. The van der Waals surface area contributed by atoms with Crippen LogP contribution in [0.25, 0.3) is 89.7 Å². The zero-order chi connectivity index (χ0) is 39.7. The van der Waals surface area contributed by atoms with Gasteiger partial charge >= 0.3 is 37.7 Å². The van der Waals surface area contributed by atoms with E-state index in [-0.39, 0.29) is 59.4 Å². The van der Waals surface area contributed by atoms with Gasteiger partial charge in [0, 0.05) is 44.8 Å². The molecule has 0 fully saturated rings. The van der Waals surface area contributed by atoms with Gasteiger partial charge in [0.05, 0.1) is 23.3 Å². The van der Waals surface area contributed by atoms with Gasteiger partial charge in [-0.15, -0.1) is 0 Å². The monoisotopic (exact) mass is 750 g/mol. The van der Waals surface area contributed by atoms with Gasteiger partial charge in [-0.05, 0) is 89.7 Å². The Bertz CT molecular complexity index is 2760. The van der Waals surface area contributed by atoms with Crippen LogP contribution in [-0.4, -0.2) is 29.9 Å². The summed E-state index contributed by atoms with van der Waals surface area (Å²) in [6.45, 7) is 26.6. The molecule has 8 bridgehead atoms. The smallest absolute Gasteiger partial charge is 0.357 e. The minimum Gasteiger partial charge on any atom is -0.357 e. The first-order chi connectivity index (χ1) is 26.2. The summed E-state index contributed by atoms with van der Waals surface area (Å²) in [5.74, 6) is 2.24. The fourth-order valence-electron chi connectivity index (χ4n) is 7.53. The molecule has 4 aromatic carbocycles. The molecule has 0 saturated heterocycles. The molecule has 0 radical (unpaired) electrons. The fourth-order valence-corrected chi connectivity index (χ4v) is 7.53. The average molecular weight is 751 g/mol. The van der Waals surface area contributed by atoms with Crippen molar-refractivity contribution in [1.29, 1.82) is 0 Å². The minimum absolute atomic E-state index is 0. The van der Waals surface area contributed by atoms with Crippen LogP contribution in [-0.2, 0) is 21.7 Å². The Morgan fingerprint density at radius 3 is 0.914 bits per heavy atom. The van der Waals surface area contributed by atoms with Gasteiger partial charge in [-0.2, -0.15) is 0 Å². The van der Waals surface area contributed by atoms with Crippen LogP contribution < -0.4 is 47.7 Å². The van der Waals surface area contributed by atoms with Crippen LogP contribution in [0, 0.1) is 0 Å². The van der Waals surface area contributed by atoms with Gasteiger partial charge in [0.25, 0.3) is 0 Å². The quantitative estimate of drug-likeness (QED) is 0.192. The first kappa shape index (κ1) is 41.6. The van der Waals surface area contributed by atoms with Crippen LogP contribution in [0.5, 0.6) is 0 Å². The summed E-state index contributed by atoms with van der Waals surface area (Å²) in [4.78, 5) is 41.6. The summed E-state index contributed by atoms with van der Waals surface area (Å²) in [6.07, 6.45) is 0. The van der Waals surface area contributed by atoms with Gasteiger partial charge < -0.3 is 29.9 Å². The molecule has 0 atom stereocenters. The fraction of sp³-hybridized carbons (Fsp3) is 0.333. The Hall–Kier alpha value is -4.57. The van der Waals surface area contributed by atoms with Crippen LogP contribution in [0.4, 0.5) is 0 Å². The summed E-state index contributed by atoms with van der Waals surface area (Å²) < 4.78 is 0. The second-order valence-corrected chi connectivity index (χ2v) is 19.5. The van der Waals surface area contributed by atoms with Crippen molar-refractivity contribution in [2.45, 2.75) is 105 Å². The molecule has 0 spiro atoms. The van der Waals surface area contributed by atoms with E-state index in [4.69, 9.17) is 39.9 Å². The molecule has 2 aliphatic heterocycles. The van der Waals surface area contributed by atoms with Crippen molar-refractivity contribution in [3.63, 3.8) is 0 Å². The van der Waals surface area contributed by atoms with E-state index >= 15 is 0 Å². The van der Waals surface area contributed by atoms with Crippen LogP contribution in [0.15, 0.2) is 72.8 Å². The van der Waals surface area contributed by atoms with E-state index in [0.717, 1.165) is 43.8 Å². The van der Waals surface area contributed by atoms with E-state index in [1.165, 1.54) is 22.3 Å². The molecule has 10 heteroatoms. The molecule has 0 N–H and O–H groups in total. The van der Waals surface area contributed by atoms with Crippen molar-refractivity contribution < 1.29 is 37.7 Å².